The van der Waals surface area contributed by atoms with Crippen molar-refractivity contribution in [3.8, 4) is 0 Å². The lowest BCUT2D eigenvalue weighted by molar-refractivity contribution is 0.252. The maximum absolute atomic E-state index is 12.5. The van der Waals surface area contributed by atoms with E-state index in [1.807, 2.05) is 61.7 Å². The Hall–Kier alpha value is -3.53. The Bertz CT molecular complexity index is 1130. The molecule has 0 saturated carbocycles. The molecule has 3 N–H and O–H groups in total. The van der Waals surface area contributed by atoms with E-state index in [4.69, 9.17) is 0 Å². The van der Waals surface area contributed by atoms with Crippen molar-refractivity contribution in [3.05, 3.63) is 101 Å². The average Bonchev–Trinajstić information content (AvgIpc) is 3.16. The second-order valence-electron chi connectivity index (χ2n) is 7.39. The van der Waals surface area contributed by atoms with E-state index >= 15 is 0 Å². The fourth-order valence-corrected chi connectivity index (χ4v) is 3.66. The summed E-state index contributed by atoms with van der Waals surface area (Å²) >= 11 is 0. The first kappa shape index (κ1) is 18.8. The molecule has 146 valence electrons. The van der Waals surface area contributed by atoms with E-state index in [1.165, 1.54) is 22.1 Å². The Morgan fingerprint density at radius 3 is 2.48 bits per heavy atom. The van der Waals surface area contributed by atoms with Crippen LogP contribution in [0.3, 0.4) is 0 Å². The van der Waals surface area contributed by atoms with Crippen molar-refractivity contribution in [3.63, 3.8) is 0 Å². The zero-order valence-electron chi connectivity index (χ0n) is 16.7. The van der Waals surface area contributed by atoms with E-state index < -0.39 is 0 Å². The van der Waals surface area contributed by atoms with Crippen molar-refractivity contribution in [2.24, 2.45) is 0 Å². The van der Waals surface area contributed by atoms with E-state index in [0.29, 0.717) is 6.54 Å². The summed E-state index contributed by atoms with van der Waals surface area (Å²) in [5.74, 6) is 0.0536. The van der Waals surface area contributed by atoms with Gasteiger partial charge >= 0.3 is 6.03 Å². The maximum Gasteiger partial charge on any atom is 0.319 e. The molecule has 0 aliphatic carbocycles. The van der Waals surface area contributed by atoms with Crippen molar-refractivity contribution in [1.29, 1.82) is 0 Å². The zero-order chi connectivity index (χ0) is 20.2. The zero-order valence-corrected chi connectivity index (χ0v) is 16.7. The number of para-hydroxylation sites is 1. The summed E-state index contributed by atoms with van der Waals surface area (Å²) in [6.07, 6.45) is 2.05. The van der Waals surface area contributed by atoms with Crippen molar-refractivity contribution in [1.82, 2.24) is 10.3 Å². The van der Waals surface area contributed by atoms with Crippen LogP contribution in [0.2, 0.25) is 0 Å². The highest BCUT2D eigenvalue weighted by atomic mass is 16.2. The second-order valence-corrected chi connectivity index (χ2v) is 7.39. The first-order chi connectivity index (χ1) is 14.1. The van der Waals surface area contributed by atoms with Crippen LogP contribution in [0.5, 0.6) is 0 Å². The van der Waals surface area contributed by atoms with Gasteiger partial charge in [-0.1, -0.05) is 54.6 Å². The molecular formula is C25H25N3O. The molecule has 29 heavy (non-hydrogen) atoms. The summed E-state index contributed by atoms with van der Waals surface area (Å²) in [4.78, 5) is 15.9. The molecule has 3 aromatic carbocycles. The van der Waals surface area contributed by atoms with Crippen LogP contribution < -0.4 is 10.6 Å². The Morgan fingerprint density at radius 1 is 0.931 bits per heavy atom. The molecule has 0 spiro atoms. The van der Waals surface area contributed by atoms with Gasteiger partial charge in [0.15, 0.2) is 0 Å². The number of rotatable bonds is 5. The molecule has 0 fully saturated rings. The molecule has 4 aromatic rings. The molecule has 2 amide bonds. The third kappa shape index (κ3) is 4.16. The van der Waals surface area contributed by atoms with Crippen LogP contribution in [0.4, 0.5) is 10.5 Å². The van der Waals surface area contributed by atoms with Gasteiger partial charge in [-0.2, -0.15) is 0 Å². The Balaban J connectivity index is 1.55. The standard InChI is InChI=1S/C25H25N3O/c1-17-12-13-20(14-18(17)2)28-25(29)27-15-22(19-8-4-3-5-9-19)23-16-26-24-11-7-6-10-21(23)24/h3-14,16,22,26H,15H2,1-2H3,(H2,27,28,29)/t22-/m1/s1. The number of amides is 2. The van der Waals surface area contributed by atoms with E-state index in [1.54, 1.807) is 0 Å². The molecule has 0 aliphatic heterocycles. The summed E-state index contributed by atoms with van der Waals surface area (Å²) in [7, 11) is 0. The van der Waals surface area contributed by atoms with Gasteiger partial charge in [0.2, 0.25) is 0 Å². The number of hydrogen-bond donors (Lipinski definition) is 3. The van der Waals surface area contributed by atoms with E-state index in [-0.39, 0.29) is 11.9 Å². The number of aryl methyl sites for hydroxylation is 2. The minimum Gasteiger partial charge on any atom is -0.361 e. The van der Waals surface area contributed by atoms with E-state index in [9.17, 15) is 4.79 Å². The summed E-state index contributed by atoms with van der Waals surface area (Å²) in [5.41, 5.74) is 6.61. The fourth-order valence-electron chi connectivity index (χ4n) is 3.66. The number of H-pyrrole nitrogens is 1. The highest BCUT2D eigenvalue weighted by Crippen LogP contribution is 2.30. The van der Waals surface area contributed by atoms with Crippen LogP contribution in [0.15, 0.2) is 79.0 Å². The van der Waals surface area contributed by atoms with Crippen LogP contribution in [0.1, 0.15) is 28.2 Å². The molecule has 4 nitrogen and oxygen atoms in total. The minimum atomic E-state index is -0.200. The molecule has 1 atom stereocenters. The molecule has 0 radical (unpaired) electrons. The van der Waals surface area contributed by atoms with Gasteiger partial charge in [0.25, 0.3) is 0 Å². The van der Waals surface area contributed by atoms with Gasteiger partial charge in [-0.3, -0.25) is 0 Å². The number of fused-ring (bicyclic) bond motifs is 1. The molecule has 1 aromatic heterocycles. The Morgan fingerprint density at radius 2 is 1.69 bits per heavy atom. The monoisotopic (exact) mass is 383 g/mol. The SMILES string of the molecule is Cc1ccc(NC(=O)NC[C@H](c2ccccc2)c2c[nH]c3ccccc23)cc1C. The van der Waals surface area contributed by atoms with Crippen molar-refractivity contribution < 1.29 is 4.79 Å². The first-order valence-corrected chi connectivity index (χ1v) is 9.85. The smallest absolute Gasteiger partial charge is 0.319 e. The molecule has 4 rings (SSSR count). The van der Waals surface area contributed by atoms with Gasteiger partial charge in [0.05, 0.1) is 0 Å². The van der Waals surface area contributed by atoms with Crippen LogP contribution >= 0.6 is 0 Å². The lowest BCUT2D eigenvalue weighted by Gasteiger charge is -2.18. The molecule has 0 saturated heterocycles. The lowest BCUT2D eigenvalue weighted by Crippen LogP contribution is -2.32. The Labute approximate surface area is 171 Å². The van der Waals surface area contributed by atoms with E-state index in [0.717, 1.165) is 16.8 Å². The molecular weight excluding hydrogens is 358 g/mol. The van der Waals surface area contributed by atoms with Crippen LogP contribution in [0.25, 0.3) is 10.9 Å². The number of benzene rings is 3. The van der Waals surface area contributed by atoms with Gasteiger partial charge in [-0.05, 0) is 54.3 Å². The third-order valence-electron chi connectivity index (χ3n) is 5.43. The molecule has 0 aliphatic rings. The normalized spacial score (nSPS) is 11.9. The topological polar surface area (TPSA) is 56.9 Å². The fraction of sp³-hybridized carbons (Fsp3) is 0.160. The van der Waals surface area contributed by atoms with Gasteiger partial charge < -0.3 is 15.6 Å². The van der Waals surface area contributed by atoms with Gasteiger partial charge in [-0.15, -0.1) is 0 Å². The minimum absolute atomic E-state index is 0.0536. The van der Waals surface area contributed by atoms with Crippen LogP contribution in [0, 0.1) is 13.8 Å². The summed E-state index contributed by atoms with van der Waals surface area (Å²) < 4.78 is 0. The predicted molar refractivity (Wildman–Crippen MR) is 120 cm³/mol. The van der Waals surface area contributed by atoms with Gasteiger partial charge in [0, 0.05) is 35.2 Å². The largest absolute Gasteiger partial charge is 0.361 e. The van der Waals surface area contributed by atoms with Crippen molar-refractivity contribution in [2.75, 3.05) is 11.9 Å². The third-order valence-corrected chi connectivity index (χ3v) is 5.43. The number of carbonyl (C=O) groups is 1. The number of nitrogens with one attached hydrogen (secondary N) is 3. The highest BCUT2D eigenvalue weighted by Gasteiger charge is 2.19. The quantitative estimate of drug-likeness (QED) is 0.404. The van der Waals surface area contributed by atoms with E-state index in [2.05, 4.69) is 46.8 Å². The molecule has 0 bridgehead atoms. The number of anilines is 1. The number of carbonyl (C=O) groups excluding carboxylic acids is 1. The average molecular weight is 383 g/mol. The lowest BCUT2D eigenvalue weighted by atomic mass is 9.91. The second kappa shape index (κ2) is 8.23. The summed E-state index contributed by atoms with van der Waals surface area (Å²) in [6.45, 7) is 4.61. The summed E-state index contributed by atoms with van der Waals surface area (Å²) in [6, 6.07) is 24.3. The number of aromatic nitrogens is 1. The highest BCUT2D eigenvalue weighted by molar-refractivity contribution is 5.89. The van der Waals surface area contributed by atoms with Crippen molar-refractivity contribution >= 4 is 22.6 Å². The predicted octanol–water partition coefficient (Wildman–Crippen LogP) is 5.74. The molecule has 1 heterocycles. The van der Waals surface area contributed by atoms with Gasteiger partial charge in [0.1, 0.15) is 0 Å². The van der Waals surface area contributed by atoms with Crippen LogP contribution in [-0.2, 0) is 0 Å². The van der Waals surface area contributed by atoms with Crippen molar-refractivity contribution in [2.45, 2.75) is 19.8 Å². The number of urea groups is 1. The van der Waals surface area contributed by atoms with Crippen LogP contribution in [-0.4, -0.2) is 17.6 Å². The maximum atomic E-state index is 12.5. The Kier molecular flexibility index (Phi) is 5.34. The van der Waals surface area contributed by atoms with Gasteiger partial charge in [-0.25, -0.2) is 4.79 Å². The summed E-state index contributed by atoms with van der Waals surface area (Å²) in [5, 5.41) is 7.17. The first-order valence-electron chi connectivity index (χ1n) is 9.85. The number of hydrogen-bond acceptors (Lipinski definition) is 1. The number of aromatic amines is 1. The molecule has 4 heteroatoms. The molecule has 0 unspecified atom stereocenters.